The molecule has 0 radical (unpaired) electrons. The fraction of sp³-hybridized carbons (Fsp3) is 0.188. The molecule has 0 aliphatic heterocycles. The first-order valence-electron chi connectivity index (χ1n) is 13.0. The number of rotatable bonds is 10. The Labute approximate surface area is 218 Å². The van der Waals surface area contributed by atoms with E-state index in [-0.39, 0.29) is 0 Å². The highest BCUT2D eigenvalue weighted by atomic mass is 16.6. The Morgan fingerprint density at radius 1 is 0.595 bits per heavy atom. The summed E-state index contributed by atoms with van der Waals surface area (Å²) >= 11 is 0. The van der Waals surface area contributed by atoms with Crippen molar-refractivity contribution in [3.63, 3.8) is 0 Å². The van der Waals surface area contributed by atoms with Gasteiger partial charge in [0, 0.05) is 10.8 Å². The van der Waals surface area contributed by atoms with Crippen LogP contribution in [0.15, 0.2) is 97.1 Å². The molecule has 0 spiro atoms. The van der Waals surface area contributed by atoms with Gasteiger partial charge in [-0.05, 0) is 51.6 Å². The maximum Gasteiger partial charge on any atom is 0.707 e. The van der Waals surface area contributed by atoms with Gasteiger partial charge in [-0.3, -0.25) is 0 Å². The number of benzene rings is 5. The molecule has 0 atom stereocenters. The summed E-state index contributed by atoms with van der Waals surface area (Å²) < 4.78 is 11.4. The average Bonchev–Trinajstić information content (AvgIpc) is 2.93. The van der Waals surface area contributed by atoms with Crippen LogP contribution in [0.4, 0.5) is 0 Å². The fourth-order valence-electron chi connectivity index (χ4n) is 4.92. The highest BCUT2D eigenvalue weighted by Crippen LogP contribution is 2.43. The van der Waals surface area contributed by atoms with Crippen molar-refractivity contribution in [3.8, 4) is 33.8 Å². The van der Waals surface area contributed by atoms with Crippen LogP contribution in [0, 0.1) is 0 Å². The van der Waals surface area contributed by atoms with Crippen molar-refractivity contribution in [1.29, 1.82) is 0 Å². The predicted molar refractivity (Wildman–Crippen MR) is 153 cm³/mol. The number of ether oxygens (including phenoxy) is 1. The summed E-state index contributed by atoms with van der Waals surface area (Å²) in [6, 6.07) is 32.7. The van der Waals surface area contributed by atoms with Crippen LogP contribution >= 0.6 is 0 Å². The zero-order valence-electron chi connectivity index (χ0n) is 21.1. The Kier molecular flexibility index (Phi) is 7.74. The van der Waals surface area contributed by atoms with Gasteiger partial charge in [0.15, 0.2) is 0 Å². The van der Waals surface area contributed by atoms with Crippen LogP contribution in [0.25, 0.3) is 43.8 Å². The predicted octanol–water partition coefficient (Wildman–Crippen LogP) is 7.63. The maximum atomic E-state index is 9.57. The minimum Gasteiger partial charge on any atom is -0.511 e. The summed E-state index contributed by atoms with van der Waals surface area (Å²) in [6.45, 7) is 2.98. The number of fused-ring (bicyclic) bond motifs is 2. The normalized spacial score (nSPS) is 11.1. The van der Waals surface area contributed by atoms with Gasteiger partial charge in [-0.1, -0.05) is 111 Å². The zero-order valence-corrected chi connectivity index (χ0v) is 21.1. The van der Waals surface area contributed by atoms with Gasteiger partial charge in [-0.25, -0.2) is 0 Å². The van der Waals surface area contributed by atoms with E-state index in [0.29, 0.717) is 5.75 Å². The summed E-state index contributed by atoms with van der Waals surface area (Å²) in [6.07, 6.45) is 4.79. The van der Waals surface area contributed by atoms with Gasteiger partial charge in [0.1, 0.15) is 11.5 Å². The molecule has 0 aliphatic rings. The van der Waals surface area contributed by atoms with E-state index in [2.05, 4.69) is 43.3 Å². The molecule has 0 bridgehead atoms. The molecule has 0 amide bonds. The SMILES string of the molecule is CCCCCCOc1ccc(-c2ccc(-c3c4ccccc4c(OB(O)O)c4ccccc34)cc2)cc1. The van der Waals surface area contributed by atoms with Crippen molar-refractivity contribution in [2.75, 3.05) is 6.61 Å². The standard InChI is InChI=1S/C32H31BO4/c1-2-3-4-9-22-36-26-20-18-24(19-21-26)23-14-16-25(17-15-23)31-27-10-5-7-12-29(27)32(37-33(34)35)30-13-8-6-11-28(30)31/h5-8,10-21,34-35H,2-4,9,22H2,1H3. The van der Waals surface area contributed by atoms with E-state index >= 15 is 0 Å². The molecule has 5 rings (SSSR count). The van der Waals surface area contributed by atoms with Gasteiger partial charge in [0.2, 0.25) is 0 Å². The van der Waals surface area contributed by atoms with E-state index < -0.39 is 7.32 Å². The Hall–Kier alpha value is -3.80. The van der Waals surface area contributed by atoms with Crippen molar-refractivity contribution < 1.29 is 19.4 Å². The molecule has 0 aliphatic carbocycles. The Morgan fingerprint density at radius 2 is 1.11 bits per heavy atom. The molecule has 5 heteroatoms. The number of hydrogen-bond donors (Lipinski definition) is 2. The molecule has 0 fully saturated rings. The number of hydrogen-bond acceptors (Lipinski definition) is 4. The van der Waals surface area contributed by atoms with Gasteiger partial charge in [0.25, 0.3) is 0 Å². The summed E-state index contributed by atoms with van der Waals surface area (Å²) in [4.78, 5) is 0. The quantitative estimate of drug-likeness (QED) is 0.120. The van der Waals surface area contributed by atoms with Crippen molar-refractivity contribution in [2.24, 2.45) is 0 Å². The van der Waals surface area contributed by atoms with E-state index in [1.165, 1.54) is 19.3 Å². The van der Waals surface area contributed by atoms with Crippen LogP contribution in [-0.2, 0) is 0 Å². The van der Waals surface area contributed by atoms with Crippen LogP contribution < -0.4 is 9.39 Å². The molecule has 37 heavy (non-hydrogen) atoms. The van der Waals surface area contributed by atoms with Crippen molar-refractivity contribution in [2.45, 2.75) is 32.6 Å². The third-order valence-corrected chi connectivity index (χ3v) is 6.73. The maximum absolute atomic E-state index is 9.57. The Morgan fingerprint density at radius 3 is 1.65 bits per heavy atom. The van der Waals surface area contributed by atoms with E-state index in [1.54, 1.807) is 0 Å². The van der Waals surface area contributed by atoms with Gasteiger partial charge in [-0.15, -0.1) is 0 Å². The Bertz CT molecular complexity index is 1420. The zero-order chi connectivity index (χ0) is 25.6. The minimum atomic E-state index is -1.89. The summed E-state index contributed by atoms with van der Waals surface area (Å²) in [5.41, 5.74) is 4.44. The van der Waals surface area contributed by atoms with Crippen molar-refractivity contribution >= 4 is 28.9 Å². The van der Waals surface area contributed by atoms with Crippen LogP contribution in [0.5, 0.6) is 11.5 Å². The lowest BCUT2D eigenvalue weighted by atomic mass is 9.90. The third-order valence-electron chi connectivity index (χ3n) is 6.73. The molecule has 0 heterocycles. The molecule has 0 unspecified atom stereocenters. The van der Waals surface area contributed by atoms with Crippen molar-refractivity contribution in [3.05, 3.63) is 97.1 Å². The molecular formula is C32H31BO4. The average molecular weight is 490 g/mol. The molecule has 0 aromatic heterocycles. The Balaban J connectivity index is 1.46. The van der Waals surface area contributed by atoms with E-state index in [1.807, 2.05) is 60.7 Å². The first-order chi connectivity index (χ1) is 18.2. The largest absolute Gasteiger partial charge is 0.707 e. The smallest absolute Gasteiger partial charge is 0.511 e. The van der Waals surface area contributed by atoms with Gasteiger partial charge in [0.05, 0.1) is 6.61 Å². The fourth-order valence-corrected chi connectivity index (χ4v) is 4.92. The second-order valence-corrected chi connectivity index (χ2v) is 9.25. The first-order valence-corrected chi connectivity index (χ1v) is 13.0. The van der Waals surface area contributed by atoms with Gasteiger partial charge in [-0.2, -0.15) is 0 Å². The van der Waals surface area contributed by atoms with Gasteiger partial charge >= 0.3 is 7.32 Å². The molecule has 0 saturated carbocycles. The highest BCUT2D eigenvalue weighted by molar-refractivity contribution is 6.35. The topological polar surface area (TPSA) is 58.9 Å². The lowest BCUT2D eigenvalue weighted by molar-refractivity contribution is 0.291. The van der Waals surface area contributed by atoms with Crippen LogP contribution in [0.2, 0.25) is 0 Å². The first kappa shape index (κ1) is 24.9. The third kappa shape index (κ3) is 5.48. The lowest BCUT2D eigenvalue weighted by Gasteiger charge is -2.18. The van der Waals surface area contributed by atoms with Gasteiger partial charge < -0.3 is 19.4 Å². The van der Waals surface area contributed by atoms with E-state index in [9.17, 15) is 10.0 Å². The van der Waals surface area contributed by atoms with Crippen molar-refractivity contribution in [1.82, 2.24) is 0 Å². The molecule has 4 nitrogen and oxygen atoms in total. The number of unbranched alkanes of at least 4 members (excludes halogenated alkanes) is 3. The van der Waals surface area contributed by atoms with Crippen LogP contribution in [0.3, 0.4) is 0 Å². The second-order valence-electron chi connectivity index (χ2n) is 9.25. The molecule has 186 valence electrons. The highest BCUT2D eigenvalue weighted by Gasteiger charge is 2.20. The van der Waals surface area contributed by atoms with Crippen LogP contribution in [-0.4, -0.2) is 24.0 Å². The molecule has 0 saturated heterocycles. The van der Waals surface area contributed by atoms with Crippen LogP contribution in [0.1, 0.15) is 32.6 Å². The summed E-state index contributed by atoms with van der Waals surface area (Å²) in [5, 5.41) is 22.8. The summed E-state index contributed by atoms with van der Waals surface area (Å²) in [5.74, 6) is 1.37. The van der Waals surface area contributed by atoms with E-state index in [0.717, 1.165) is 62.6 Å². The minimum absolute atomic E-state index is 0.467. The second kappa shape index (κ2) is 11.5. The summed E-state index contributed by atoms with van der Waals surface area (Å²) in [7, 11) is -1.89. The molecule has 2 N–H and O–H groups in total. The lowest BCUT2D eigenvalue weighted by Crippen LogP contribution is -2.21. The molecule has 5 aromatic carbocycles. The monoisotopic (exact) mass is 490 g/mol. The molecule has 5 aromatic rings. The molecular weight excluding hydrogens is 459 g/mol. The van der Waals surface area contributed by atoms with E-state index in [4.69, 9.17) is 9.39 Å².